The Hall–Kier alpha value is -2.89. The molecule has 154 valence electrons. The summed E-state index contributed by atoms with van der Waals surface area (Å²) >= 11 is 0. The van der Waals surface area contributed by atoms with Crippen molar-refractivity contribution in [2.75, 3.05) is 13.2 Å². The van der Waals surface area contributed by atoms with Gasteiger partial charge in [-0.2, -0.15) is 4.31 Å². The van der Waals surface area contributed by atoms with Gasteiger partial charge in [0.15, 0.2) is 0 Å². The van der Waals surface area contributed by atoms with E-state index in [-0.39, 0.29) is 24.7 Å². The third kappa shape index (κ3) is 6.04. The van der Waals surface area contributed by atoms with E-state index >= 15 is 0 Å². The molecule has 1 atom stereocenters. The van der Waals surface area contributed by atoms with Crippen molar-refractivity contribution < 1.29 is 22.7 Å². The molecule has 0 aliphatic carbocycles. The highest BCUT2D eigenvalue weighted by atomic mass is 32.2. The normalized spacial score (nSPS) is 12.0. The summed E-state index contributed by atoms with van der Waals surface area (Å²) in [5, 5.41) is 0. The van der Waals surface area contributed by atoms with E-state index in [9.17, 15) is 13.2 Å². The number of nitrogens with zero attached hydrogens (tertiary/aromatic N) is 2. The van der Waals surface area contributed by atoms with Gasteiger partial charge in [0, 0.05) is 18.9 Å². The molecule has 8 heteroatoms. The fourth-order valence-electron chi connectivity index (χ4n) is 2.52. The fraction of sp³-hybridized carbons (Fsp3) is 0.333. The van der Waals surface area contributed by atoms with Gasteiger partial charge < -0.3 is 9.47 Å². The number of aromatic nitrogens is 1. The predicted molar refractivity (Wildman–Crippen MR) is 108 cm³/mol. The van der Waals surface area contributed by atoms with E-state index in [2.05, 4.69) is 16.8 Å². The summed E-state index contributed by atoms with van der Waals surface area (Å²) in [6, 6.07) is 8.45. The number of hydrogen-bond donors (Lipinski definition) is 0. The molecule has 29 heavy (non-hydrogen) atoms. The molecule has 0 aliphatic heterocycles. The molecule has 0 bridgehead atoms. The van der Waals surface area contributed by atoms with E-state index < -0.39 is 22.0 Å². The number of rotatable bonds is 9. The summed E-state index contributed by atoms with van der Waals surface area (Å²) in [5.41, 5.74) is 0.658. The number of carbonyl (C=O) groups excluding carboxylic acids is 1. The van der Waals surface area contributed by atoms with Crippen LogP contribution in [-0.2, 0) is 26.1 Å². The molecular weight excluding hydrogens is 392 g/mol. The van der Waals surface area contributed by atoms with Crippen molar-refractivity contribution in [1.82, 2.24) is 9.29 Å². The molecule has 7 nitrogen and oxygen atoms in total. The first kappa shape index (κ1) is 22.4. The summed E-state index contributed by atoms with van der Waals surface area (Å²) in [6.45, 7) is 5.26. The van der Waals surface area contributed by atoms with E-state index in [0.29, 0.717) is 11.3 Å². The van der Waals surface area contributed by atoms with Crippen LogP contribution in [0.5, 0.6) is 5.75 Å². The van der Waals surface area contributed by atoms with Crippen molar-refractivity contribution in [1.29, 1.82) is 0 Å². The van der Waals surface area contributed by atoms with Crippen LogP contribution in [-0.4, -0.2) is 42.9 Å². The number of sulfonamides is 1. The Morgan fingerprint density at radius 3 is 2.55 bits per heavy atom. The molecule has 1 heterocycles. The molecule has 1 unspecified atom stereocenters. The number of ether oxygens (including phenoxy) is 2. The molecule has 0 fully saturated rings. The number of esters is 1. The second-order valence-corrected chi connectivity index (χ2v) is 7.92. The monoisotopic (exact) mass is 416 g/mol. The van der Waals surface area contributed by atoms with Crippen molar-refractivity contribution in [2.45, 2.75) is 38.3 Å². The first-order valence-corrected chi connectivity index (χ1v) is 10.5. The molecule has 0 saturated heterocycles. The molecule has 2 rings (SSSR count). The summed E-state index contributed by atoms with van der Waals surface area (Å²) in [6.07, 6.45) is 3.16. The Bertz CT molecular complexity index is 964. The number of carbonyl (C=O) groups is 1. The van der Waals surface area contributed by atoms with Gasteiger partial charge in [-0.15, -0.1) is 5.92 Å². The van der Waals surface area contributed by atoms with Gasteiger partial charge in [-0.05, 0) is 56.7 Å². The third-order valence-electron chi connectivity index (χ3n) is 4.04. The minimum atomic E-state index is -3.98. The second-order valence-electron chi connectivity index (χ2n) is 6.03. The van der Waals surface area contributed by atoms with Crippen LogP contribution in [0.4, 0.5) is 0 Å². The zero-order valence-corrected chi connectivity index (χ0v) is 17.5. The molecule has 1 aromatic heterocycles. The molecule has 0 aliphatic rings. The van der Waals surface area contributed by atoms with Crippen molar-refractivity contribution in [3.8, 4) is 17.6 Å². The summed E-state index contributed by atoms with van der Waals surface area (Å²) in [5.74, 6) is 5.38. The zero-order chi connectivity index (χ0) is 21.3. The predicted octanol–water partition coefficient (Wildman–Crippen LogP) is 2.63. The van der Waals surface area contributed by atoms with Crippen LogP contribution >= 0.6 is 0 Å². The Morgan fingerprint density at radius 1 is 1.24 bits per heavy atom. The van der Waals surface area contributed by atoms with Gasteiger partial charge in [0.05, 0.1) is 11.5 Å². The molecule has 0 N–H and O–H groups in total. The summed E-state index contributed by atoms with van der Waals surface area (Å²) in [4.78, 5) is 16.3. The lowest BCUT2D eigenvalue weighted by Gasteiger charge is -2.27. The van der Waals surface area contributed by atoms with E-state index in [1.165, 1.54) is 19.1 Å². The Balaban J connectivity index is 2.33. The standard InChI is InChI=1S/C21H24N2O5S/c1-4-6-14-28-19-9-11-20(12-10-19)29(25,26)23(17(3)21(24)27-5-2)16-18-8-7-13-22-15-18/h7-13,15,17H,5,14,16H2,1-3H3. The van der Waals surface area contributed by atoms with Gasteiger partial charge in [0.1, 0.15) is 18.4 Å². The van der Waals surface area contributed by atoms with Crippen LogP contribution in [0.2, 0.25) is 0 Å². The third-order valence-corrected chi connectivity index (χ3v) is 5.97. The van der Waals surface area contributed by atoms with Gasteiger partial charge >= 0.3 is 5.97 Å². The van der Waals surface area contributed by atoms with Gasteiger partial charge in [-0.1, -0.05) is 12.0 Å². The Morgan fingerprint density at radius 2 is 1.97 bits per heavy atom. The van der Waals surface area contributed by atoms with Crippen LogP contribution in [0.1, 0.15) is 26.3 Å². The zero-order valence-electron chi connectivity index (χ0n) is 16.7. The number of hydrogen-bond acceptors (Lipinski definition) is 6. The molecule has 0 radical (unpaired) electrons. The smallest absolute Gasteiger partial charge is 0.324 e. The highest BCUT2D eigenvalue weighted by molar-refractivity contribution is 7.89. The SMILES string of the molecule is CC#CCOc1ccc(S(=O)(=O)N(Cc2cccnc2)C(C)C(=O)OCC)cc1. The maximum absolute atomic E-state index is 13.3. The highest BCUT2D eigenvalue weighted by Crippen LogP contribution is 2.24. The summed E-state index contributed by atoms with van der Waals surface area (Å²) in [7, 11) is -3.98. The second kappa shape index (κ2) is 10.6. The van der Waals surface area contributed by atoms with Gasteiger partial charge in [-0.25, -0.2) is 8.42 Å². The van der Waals surface area contributed by atoms with Gasteiger partial charge in [0.25, 0.3) is 0 Å². The molecule has 0 saturated carbocycles. The lowest BCUT2D eigenvalue weighted by molar-refractivity contribution is -0.147. The maximum atomic E-state index is 13.3. The summed E-state index contributed by atoms with van der Waals surface area (Å²) < 4.78 is 38.2. The maximum Gasteiger partial charge on any atom is 0.324 e. The average molecular weight is 416 g/mol. The van der Waals surface area contributed by atoms with Crippen LogP contribution in [0.25, 0.3) is 0 Å². The lowest BCUT2D eigenvalue weighted by atomic mass is 10.2. The van der Waals surface area contributed by atoms with E-state index in [0.717, 1.165) is 4.31 Å². The first-order chi connectivity index (χ1) is 13.9. The van der Waals surface area contributed by atoms with Gasteiger partial charge in [0.2, 0.25) is 10.0 Å². The molecule has 2 aromatic rings. The Labute approximate surface area is 171 Å². The Kier molecular flexibility index (Phi) is 8.19. The molecular formula is C21H24N2O5S. The topological polar surface area (TPSA) is 85.8 Å². The van der Waals surface area contributed by atoms with Crippen molar-refractivity contribution in [3.05, 3.63) is 54.4 Å². The van der Waals surface area contributed by atoms with E-state index in [1.807, 2.05) is 0 Å². The number of benzene rings is 1. The first-order valence-electron chi connectivity index (χ1n) is 9.10. The van der Waals surface area contributed by atoms with Crippen LogP contribution < -0.4 is 4.74 Å². The van der Waals surface area contributed by atoms with Crippen molar-refractivity contribution >= 4 is 16.0 Å². The molecule has 0 spiro atoms. The minimum Gasteiger partial charge on any atom is -0.481 e. The van der Waals surface area contributed by atoms with Crippen LogP contribution in [0.3, 0.4) is 0 Å². The molecule has 0 amide bonds. The minimum absolute atomic E-state index is 0.0134. The van der Waals surface area contributed by atoms with Gasteiger partial charge in [-0.3, -0.25) is 9.78 Å². The van der Waals surface area contributed by atoms with E-state index in [4.69, 9.17) is 9.47 Å². The number of pyridine rings is 1. The van der Waals surface area contributed by atoms with Crippen LogP contribution in [0.15, 0.2) is 53.7 Å². The average Bonchev–Trinajstić information content (AvgIpc) is 2.73. The lowest BCUT2D eigenvalue weighted by Crippen LogP contribution is -2.43. The largest absolute Gasteiger partial charge is 0.481 e. The highest BCUT2D eigenvalue weighted by Gasteiger charge is 2.34. The van der Waals surface area contributed by atoms with Crippen molar-refractivity contribution in [3.63, 3.8) is 0 Å². The van der Waals surface area contributed by atoms with Crippen molar-refractivity contribution in [2.24, 2.45) is 0 Å². The molecule has 1 aromatic carbocycles. The van der Waals surface area contributed by atoms with E-state index in [1.54, 1.807) is 50.5 Å². The fourth-order valence-corrected chi connectivity index (χ4v) is 4.09. The quantitative estimate of drug-likeness (QED) is 0.461. The van der Waals surface area contributed by atoms with Crippen LogP contribution in [0, 0.1) is 11.8 Å².